The molecule has 0 bridgehead atoms. The monoisotopic (exact) mass is 437 g/mol. The Morgan fingerprint density at radius 3 is 2.87 bits per heavy atom. The van der Waals surface area contributed by atoms with Crippen molar-refractivity contribution in [3.63, 3.8) is 0 Å². The maximum absolute atomic E-state index is 13.6. The third kappa shape index (κ3) is 6.60. The lowest BCUT2D eigenvalue weighted by Gasteiger charge is -2.16. The summed E-state index contributed by atoms with van der Waals surface area (Å²) >= 11 is 0. The molecule has 2 atom stereocenters. The number of ether oxygens (including phenoxy) is 1. The van der Waals surface area contributed by atoms with Crippen LogP contribution in [0.2, 0.25) is 0 Å². The molecule has 0 amide bonds. The van der Waals surface area contributed by atoms with Crippen LogP contribution in [0.4, 0.5) is 4.39 Å². The van der Waals surface area contributed by atoms with E-state index in [2.05, 4.69) is 15.6 Å². The lowest BCUT2D eigenvalue weighted by Crippen LogP contribution is -2.41. The molecule has 130 valence electrons. The van der Waals surface area contributed by atoms with Crippen LogP contribution in [0, 0.1) is 5.82 Å². The molecule has 1 heterocycles. The van der Waals surface area contributed by atoms with Crippen LogP contribution in [0.15, 0.2) is 29.3 Å². The van der Waals surface area contributed by atoms with Gasteiger partial charge in [-0.1, -0.05) is 18.2 Å². The van der Waals surface area contributed by atoms with Crippen LogP contribution in [0.3, 0.4) is 0 Å². The minimum atomic E-state index is -0.959. The number of aliphatic hydroxyl groups is 1. The number of aliphatic imine (C=N–C) groups is 1. The molecule has 1 aromatic rings. The number of hydrogen-bond donors (Lipinski definition) is 3. The van der Waals surface area contributed by atoms with E-state index in [-0.39, 0.29) is 42.2 Å². The lowest BCUT2D eigenvalue weighted by molar-refractivity contribution is 0.113. The summed E-state index contributed by atoms with van der Waals surface area (Å²) in [6.07, 6.45) is 1.38. The summed E-state index contributed by atoms with van der Waals surface area (Å²) in [5.74, 6) is 0.191. The second kappa shape index (κ2) is 10.8. The number of hydrogen-bond acceptors (Lipinski definition) is 3. The number of rotatable bonds is 6. The van der Waals surface area contributed by atoms with E-state index >= 15 is 0 Å². The fourth-order valence-electron chi connectivity index (χ4n) is 2.38. The van der Waals surface area contributed by atoms with Gasteiger partial charge in [-0.3, -0.25) is 4.99 Å². The summed E-state index contributed by atoms with van der Waals surface area (Å²) in [5.41, 5.74) is 0.265. The molecule has 1 saturated heterocycles. The van der Waals surface area contributed by atoms with Crippen LogP contribution in [0.1, 0.15) is 31.4 Å². The van der Waals surface area contributed by atoms with E-state index in [4.69, 9.17) is 4.74 Å². The van der Waals surface area contributed by atoms with Crippen molar-refractivity contribution >= 4 is 29.9 Å². The third-order valence-electron chi connectivity index (χ3n) is 3.55. The molecule has 0 aromatic heterocycles. The Morgan fingerprint density at radius 2 is 2.22 bits per heavy atom. The van der Waals surface area contributed by atoms with Gasteiger partial charge in [-0.15, -0.1) is 24.0 Å². The van der Waals surface area contributed by atoms with Gasteiger partial charge in [0.1, 0.15) is 11.9 Å². The molecular formula is C16H25FIN3O2. The number of aliphatic hydroxyl groups excluding tert-OH is 1. The molecule has 7 heteroatoms. The van der Waals surface area contributed by atoms with E-state index in [1.54, 1.807) is 18.2 Å². The van der Waals surface area contributed by atoms with Crippen molar-refractivity contribution in [2.45, 2.75) is 32.0 Å². The highest BCUT2D eigenvalue weighted by Gasteiger charge is 2.16. The number of benzene rings is 1. The summed E-state index contributed by atoms with van der Waals surface area (Å²) < 4.78 is 19.2. The molecule has 23 heavy (non-hydrogen) atoms. The van der Waals surface area contributed by atoms with Crippen LogP contribution >= 0.6 is 24.0 Å². The summed E-state index contributed by atoms with van der Waals surface area (Å²) in [6, 6.07) is 6.21. The first-order valence-corrected chi connectivity index (χ1v) is 7.77. The van der Waals surface area contributed by atoms with Gasteiger partial charge < -0.3 is 20.5 Å². The summed E-state index contributed by atoms with van der Waals surface area (Å²) in [7, 11) is 0. The zero-order valence-corrected chi connectivity index (χ0v) is 15.6. The number of nitrogens with one attached hydrogen (secondary N) is 2. The van der Waals surface area contributed by atoms with Gasteiger partial charge in [-0.2, -0.15) is 0 Å². The van der Waals surface area contributed by atoms with Crippen molar-refractivity contribution < 1.29 is 14.2 Å². The summed E-state index contributed by atoms with van der Waals surface area (Å²) in [5, 5.41) is 16.4. The van der Waals surface area contributed by atoms with Gasteiger partial charge in [-0.05, 0) is 25.8 Å². The molecule has 0 aliphatic carbocycles. The highest BCUT2D eigenvalue weighted by molar-refractivity contribution is 14.0. The van der Waals surface area contributed by atoms with E-state index < -0.39 is 11.9 Å². The van der Waals surface area contributed by atoms with Gasteiger partial charge in [0.2, 0.25) is 0 Å². The van der Waals surface area contributed by atoms with E-state index in [1.807, 2.05) is 6.92 Å². The molecule has 5 nitrogen and oxygen atoms in total. The Bertz CT molecular complexity index is 496. The second-order valence-corrected chi connectivity index (χ2v) is 5.27. The van der Waals surface area contributed by atoms with Gasteiger partial charge in [0.25, 0.3) is 0 Å². The van der Waals surface area contributed by atoms with E-state index in [0.717, 1.165) is 19.4 Å². The SMILES string of the molecule is CCNC(=NCC(O)c1ccccc1F)NCC1CCCO1.I. The quantitative estimate of drug-likeness (QED) is 0.363. The van der Waals surface area contributed by atoms with Crippen molar-refractivity contribution in [1.82, 2.24) is 10.6 Å². The summed E-state index contributed by atoms with van der Waals surface area (Å²) in [4.78, 5) is 4.31. The van der Waals surface area contributed by atoms with Crippen molar-refractivity contribution in [2.75, 3.05) is 26.2 Å². The highest BCUT2D eigenvalue weighted by Crippen LogP contribution is 2.16. The van der Waals surface area contributed by atoms with Crippen molar-refractivity contribution in [3.05, 3.63) is 35.6 Å². The van der Waals surface area contributed by atoms with Gasteiger partial charge in [0.15, 0.2) is 5.96 Å². The molecule has 0 spiro atoms. The molecule has 1 aromatic carbocycles. The fourth-order valence-corrected chi connectivity index (χ4v) is 2.38. The van der Waals surface area contributed by atoms with Crippen molar-refractivity contribution in [3.8, 4) is 0 Å². The standard InChI is InChI=1S/C16H24FN3O2.HI/c1-2-18-16(19-10-12-6-5-9-22-12)20-11-15(21)13-7-3-4-8-14(13)17;/h3-4,7-8,12,15,21H,2,5-6,9-11H2,1H3,(H2,18,19,20);1H. The smallest absolute Gasteiger partial charge is 0.191 e. The first-order valence-electron chi connectivity index (χ1n) is 7.77. The Hall–Kier alpha value is -0.930. The van der Waals surface area contributed by atoms with Crippen LogP contribution in [0.25, 0.3) is 0 Å². The third-order valence-corrected chi connectivity index (χ3v) is 3.55. The molecule has 1 aliphatic heterocycles. The fraction of sp³-hybridized carbons (Fsp3) is 0.562. The van der Waals surface area contributed by atoms with Crippen molar-refractivity contribution in [1.29, 1.82) is 0 Å². The lowest BCUT2D eigenvalue weighted by atomic mass is 10.1. The van der Waals surface area contributed by atoms with Crippen LogP contribution < -0.4 is 10.6 Å². The second-order valence-electron chi connectivity index (χ2n) is 5.27. The maximum Gasteiger partial charge on any atom is 0.191 e. The normalized spacial score (nSPS) is 19.1. The molecule has 0 saturated carbocycles. The molecule has 1 aliphatic rings. The Kier molecular flexibility index (Phi) is 9.42. The predicted molar refractivity (Wildman–Crippen MR) is 99.7 cm³/mol. The topological polar surface area (TPSA) is 65.9 Å². The largest absolute Gasteiger partial charge is 0.386 e. The van der Waals surface area contributed by atoms with Crippen molar-refractivity contribution in [2.24, 2.45) is 4.99 Å². The van der Waals surface area contributed by atoms with Crippen LogP contribution in [-0.4, -0.2) is 43.4 Å². The first kappa shape index (κ1) is 20.1. The average molecular weight is 437 g/mol. The van der Waals surface area contributed by atoms with Gasteiger partial charge in [-0.25, -0.2) is 4.39 Å². The highest BCUT2D eigenvalue weighted by atomic mass is 127. The molecule has 2 rings (SSSR count). The zero-order chi connectivity index (χ0) is 15.8. The molecular weight excluding hydrogens is 412 g/mol. The van der Waals surface area contributed by atoms with Crippen LogP contribution in [0.5, 0.6) is 0 Å². The zero-order valence-electron chi connectivity index (χ0n) is 13.3. The Labute approximate surface area is 153 Å². The minimum absolute atomic E-state index is 0. The number of halogens is 2. The van der Waals surface area contributed by atoms with Crippen LogP contribution in [-0.2, 0) is 4.74 Å². The Balaban J connectivity index is 0.00000264. The average Bonchev–Trinajstić information content (AvgIpc) is 3.03. The van der Waals surface area contributed by atoms with E-state index in [9.17, 15) is 9.50 Å². The molecule has 2 unspecified atom stereocenters. The summed E-state index contributed by atoms with van der Waals surface area (Å²) in [6.45, 7) is 4.28. The maximum atomic E-state index is 13.6. The van der Waals surface area contributed by atoms with Gasteiger partial charge in [0, 0.05) is 25.3 Å². The molecule has 0 radical (unpaired) electrons. The number of nitrogens with zero attached hydrogens (tertiary/aromatic N) is 1. The predicted octanol–water partition coefficient (Wildman–Crippen LogP) is 2.21. The first-order chi connectivity index (χ1) is 10.7. The number of guanidine groups is 1. The Morgan fingerprint density at radius 1 is 1.43 bits per heavy atom. The van der Waals surface area contributed by atoms with Gasteiger partial charge >= 0.3 is 0 Å². The molecule has 1 fully saturated rings. The van der Waals surface area contributed by atoms with E-state index in [0.29, 0.717) is 19.0 Å². The van der Waals surface area contributed by atoms with E-state index in [1.165, 1.54) is 6.07 Å². The minimum Gasteiger partial charge on any atom is -0.386 e. The molecule has 3 N–H and O–H groups in total. The van der Waals surface area contributed by atoms with Gasteiger partial charge in [0.05, 0.1) is 12.6 Å².